The molecule has 0 saturated heterocycles. The number of carbonyl (C=O) groups is 1. The summed E-state index contributed by atoms with van der Waals surface area (Å²) >= 11 is 3.09. The maximum absolute atomic E-state index is 10.5. The second-order valence-corrected chi connectivity index (χ2v) is 4.45. The van der Waals surface area contributed by atoms with Gasteiger partial charge in [0.25, 0.3) is 0 Å². The summed E-state index contributed by atoms with van der Waals surface area (Å²) in [5, 5.41) is 28.2. The number of aliphatic carboxylic acids is 1. The molecule has 0 fully saturated rings. The summed E-state index contributed by atoms with van der Waals surface area (Å²) in [6.45, 7) is 0. The number of halogens is 1. The molecule has 0 aliphatic rings. The minimum atomic E-state index is -0.959. The van der Waals surface area contributed by atoms with Crippen LogP contribution in [0.25, 0.3) is 0 Å². The molecule has 1 rings (SSSR count). The van der Waals surface area contributed by atoms with Crippen molar-refractivity contribution in [2.45, 2.75) is 25.0 Å². The molecular formula is C12H15BrO4. The van der Waals surface area contributed by atoms with Gasteiger partial charge in [0, 0.05) is 11.8 Å². The number of rotatable bonds is 6. The number of alkyl halides is 1. The molecule has 2 atom stereocenters. The maximum Gasteiger partial charge on any atom is 0.303 e. The van der Waals surface area contributed by atoms with Crippen molar-refractivity contribution in [3.63, 3.8) is 0 Å². The highest BCUT2D eigenvalue weighted by Crippen LogP contribution is 2.19. The van der Waals surface area contributed by atoms with Gasteiger partial charge in [-0.2, -0.15) is 0 Å². The molecule has 0 amide bonds. The predicted molar refractivity (Wildman–Crippen MR) is 67.2 cm³/mol. The van der Waals surface area contributed by atoms with Gasteiger partial charge in [0.2, 0.25) is 0 Å². The van der Waals surface area contributed by atoms with Gasteiger partial charge in [-0.1, -0.05) is 40.2 Å². The molecule has 0 aromatic heterocycles. The zero-order chi connectivity index (χ0) is 12.8. The Morgan fingerprint density at radius 1 is 1.35 bits per heavy atom. The van der Waals surface area contributed by atoms with Crippen molar-refractivity contribution in [1.82, 2.24) is 0 Å². The molecule has 0 saturated carbocycles. The monoisotopic (exact) mass is 302 g/mol. The largest absolute Gasteiger partial charge is 0.481 e. The van der Waals surface area contributed by atoms with Crippen LogP contribution in [-0.4, -0.2) is 32.7 Å². The molecule has 0 spiro atoms. The van der Waals surface area contributed by atoms with Gasteiger partial charge in [-0.25, -0.2) is 0 Å². The van der Waals surface area contributed by atoms with Crippen LogP contribution in [0, 0.1) is 0 Å². The minimum Gasteiger partial charge on any atom is -0.481 e. The van der Waals surface area contributed by atoms with Gasteiger partial charge in [0.15, 0.2) is 0 Å². The molecule has 0 bridgehead atoms. The lowest BCUT2D eigenvalue weighted by Crippen LogP contribution is -2.19. The second-order valence-electron chi connectivity index (χ2n) is 3.81. The van der Waals surface area contributed by atoms with Crippen molar-refractivity contribution in [1.29, 1.82) is 0 Å². The number of carboxylic acid groups (broad SMARTS) is 1. The summed E-state index contributed by atoms with van der Waals surface area (Å²) in [4.78, 5) is 10.5. The molecule has 1 aromatic carbocycles. The topological polar surface area (TPSA) is 77.8 Å². The molecule has 4 nitrogen and oxygen atoms in total. The number of carboxylic acids is 1. The fraction of sp³-hybridized carbons (Fsp3) is 0.417. The lowest BCUT2D eigenvalue weighted by Gasteiger charge is -2.16. The van der Waals surface area contributed by atoms with E-state index in [1.54, 1.807) is 24.3 Å². The molecule has 0 aliphatic heterocycles. The molecule has 3 N–H and O–H groups in total. The highest BCUT2D eigenvalue weighted by atomic mass is 79.9. The molecule has 17 heavy (non-hydrogen) atoms. The van der Waals surface area contributed by atoms with Crippen molar-refractivity contribution in [2.75, 3.05) is 5.33 Å². The Labute approximate surface area is 108 Å². The lowest BCUT2D eigenvalue weighted by molar-refractivity contribution is -0.136. The Hall–Kier alpha value is -0.910. The molecule has 2 unspecified atom stereocenters. The van der Waals surface area contributed by atoms with Crippen LogP contribution in [0.1, 0.15) is 23.7 Å². The molecule has 0 radical (unpaired) electrons. The van der Waals surface area contributed by atoms with Crippen LogP contribution in [0.3, 0.4) is 0 Å². The van der Waals surface area contributed by atoms with Gasteiger partial charge in [-0.15, -0.1) is 0 Å². The molecule has 5 heteroatoms. The van der Waals surface area contributed by atoms with Crippen LogP contribution in [-0.2, 0) is 11.2 Å². The van der Waals surface area contributed by atoms with E-state index in [9.17, 15) is 15.0 Å². The first-order valence-corrected chi connectivity index (χ1v) is 6.39. The first kappa shape index (κ1) is 14.2. The van der Waals surface area contributed by atoms with Crippen molar-refractivity contribution >= 4 is 21.9 Å². The quantitative estimate of drug-likeness (QED) is 0.696. The summed E-state index contributed by atoms with van der Waals surface area (Å²) in [5.41, 5.74) is 1.44. The van der Waals surface area contributed by atoms with E-state index < -0.39 is 18.2 Å². The van der Waals surface area contributed by atoms with Crippen LogP contribution >= 0.6 is 15.9 Å². The maximum atomic E-state index is 10.5. The normalized spacial score (nSPS) is 14.3. The van der Waals surface area contributed by atoms with Crippen LogP contribution in [0.15, 0.2) is 24.3 Å². The summed E-state index contributed by atoms with van der Waals surface area (Å²) in [7, 11) is 0. The van der Waals surface area contributed by atoms with E-state index in [2.05, 4.69) is 15.9 Å². The highest BCUT2D eigenvalue weighted by molar-refractivity contribution is 9.09. The molecule has 94 valence electrons. The van der Waals surface area contributed by atoms with Gasteiger partial charge in [0.1, 0.15) is 6.10 Å². The summed E-state index contributed by atoms with van der Waals surface area (Å²) in [5.74, 6) is -0.851. The van der Waals surface area contributed by atoms with Crippen molar-refractivity contribution in [3.8, 4) is 0 Å². The lowest BCUT2D eigenvalue weighted by atomic mass is 10.0. The third-order valence-corrected chi connectivity index (χ3v) is 3.11. The summed E-state index contributed by atoms with van der Waals surface area (Å²) < 4.78 is 0. The standard InChI is InChI=1S/C12H15BrO4/c13-7-10(14)12(17)9-3-1-2-8(6-9)4-5-11(15)16/h1-3,6,10,12,14,17H,4-5,7H2,(H,15,16). The van der Waals surface area contributed by atoms with E-state index in [-0.39, 0.29) is 11.8 Å². The van der Waals surface area contributed by atoms with E-state index in [4.69, 9.17) is 5.11 Å². The smallest absolute Gasteiger partial charge is 0.303 e. The first-order valence-electron chi connectivity index (χ1n) is 5.27. The summed E-state index contributed by atoms with van der Waals surface area (Å²) in [6.07, 6.45) is -1.36. The zero-order valence-corrected chi connectivity index (χ0v) is 10.8. The van der Waals surface area contributed by atoms with E-state index in [0.717, 1.165) is 5.56 Å². The van der Waals surface area contributed by atoms with E-state index in [1.807, 2.05) is 0 Å². The Morgan fingerprint density at radius 2 is 2.06 bits per heavy atom. The second kappa shape index (κ2) is 6.74. The number of benzene rings is 1. The Kier molecular flexibility index (Phi) is 5.61. The third-order valence-electron chi connectivity index (χ3n) is 2.44. The van der Waals surface area contributed by atoms with E-state index in [0.29, 0.717) is 12.0 Å². The van der Waals surface area contributed by atoms with E-state index >= 15 is 0 Å². The Morgan fingerprint density at radius 3 is 2.65 bits per heavy atom. The fourth-order valence-corrected chi connectivity index (χ4v) is 1.84. The van der Waals surface area contributed by atoms with E-state index in [1.165, 1.54) is 0 Å². The molecule has 1 aromatic rings. The van der Waals surface area contributed by atoms with Gasteiger partial charge in [0.05, 0.1) is 6.10 Å². The average Bonchev–Trinajstić information content (AvgIpc) is 2.34. The van der Waals surface area contributed by atoms with Crippen molar-refractivity contribution in [3.05, 3.63) is 35.4 Å². The first-order chi connectivity index (χ1) is 8.04. The van der Waals surface area contributed by atoms with Crippen molar-refractivity contribution < 1.29 is 20.1 Å². The Balaban J connectivity index is 2.74. The van der Waals surface area contributed by atoms with Crippen LogP contribution in [0.2, 0.25) is 0 Å². The number of hydrogen-bond acceptors (Lipinski definition) is 3. The van der Waals surface area contributed by atoms with Crippen LogP contribution < -0.4 is 0 Å². The van der Waals surface area contributed by atoms with Crippen LogP contribution in [0.5, 0.6) is 0 Å². The molecule has 0 aliphatic carbocycles. The highest BCUT2D eigenvalue weighted by Gasteiger charge is 2.17. The van der Waals surface area contributed by atoms with Gasteiger partial charge in [-0.3, -0.25) is 4.79 Å². The predicted octanol–water partition coefficient (Wildman–Crippen LogP) is 1.49. The molecule has 0 heterocycles. The number of hydrogen-bond donors (Lipinski definition) is 3. The molecular weight excluding hydrogens is 288 g/mol. The average molecular weight is 303 g/mol. The van der Waals surface area contributed by atoms with Crippen molar-refractivity contribution in [2.24, 2.45) is 0 Å². The number of aliphatic hydroxyl groups excluding tert-OH is 2. The number of aliphatic hydroxyl groups is 2. The fourth-order valence-electron chi connectivity index (χ4n) is 1.49. The van der Waals surface area contributed by atoms with Gasteiger partial charge in [-0.05, 0) is 17.5 Å². The minimum absolute atomic E-state index is 0.0561. The Bertz CT molecular complexity index is 381. The van der Waals surface area contributed by atoms with Gasteiger partial charge < -0.3 is 15.3 Å². The van der Waals surface area contributed by atoms with Crippen LogP contribution in [0.4, 0.5) is 0 Å². The number of aryl methyl sites for hydroxylation is 1. The third kappa shape index (κ3) is 4.46. The zero-order valence-electron chi connectivity index (χ0n) is 9.21. The summed E-state index contributed by atoms with van der Waals surface area (Å²) in [6, 6.07) is 6.98. The SMILES string of the molecule is O=C(O)CCc1cccc(C(O)C(O)CBr)c1. The van der Waals surface area contributed by atoms with Gasteiger partial charge >= 0.3 is 5.97 Å².